The monoisotopic (exact) mass is 436 g/mol. The van der Waals surface area contributed by atoms with Crippen molar-refractivity contribution < 1.29 is 14.3 Å². The molecule has 0 fully saturated rings. The van der Waals surface area contributed by atoms with E-state index in [1.807, 2.05) is 98.8 Å². The van der Waals surface area contributed by atoms with Crippen molar-refractivity contribution in [2.75, 3.05) is 13.2 Å². The summed E-state index contributed by atoms with van der Waals surface area (Å²) >= 11 is 0. The Bertz CT molecular complexity index is 1160. The van der Waals surface area contributed by atoms with Gasteiger partial charge in [-0.2, -0.15) is 0 Å². The molecule has 0 aliphatic carbocycles. The Labute approximate surface area is 195 Å². The number of ether oxygens (including phenoxy) is 2. The fraction of sp³-hybridized carbons (Fsp3) is 0.167. The third-order valence-electron chi connectivity index (χ3n) is 5.62. The van der Waals surface area contributed by atoms with Crippen LogP contribution in [0.5, 0.6) is 0 Å². The van der Waals surface area contributed by atoms with Gasteiger partial charge < -0.3 is 9.47 Å². The molecular formula is C30H28O3. The zero-order valence-corrected chi connectivity index (χ0v) is 19.0. The first-order valence-corrected chi connectivity index (χ1v) is 11.3. The van der Waals surface area contributed by atoms with Crippen LogP contribution in [-0.4, -0.2) is 19.0 Å². The van der Waals surface area contributed by atoms with Crippen molar-refractivity contribution in [2.24, 2.45) is 0 Å². The van der Waals surface area contributed by atoms with E-state index in [0.717, 1.165) is 22.3 Å². The van der Waals surface area contributed by atoms with Crippen LogP contribution in [0.3, 0.4) is 0 Å². The molecule has 166 valence electrons. The molecule has 0 N–H and O–H groups in total. The predicted molar refractivity (Wildman–Crippen MR) is 133 cm³/mol. The maximum atomic E-state index is 13.8. The summed E-state index contributed by atoms with van der Waals surface area (Å²) in [6.07, 6.45) is 0. The van der Waals surface area contributed by atoms with E-state index in [0.29, 0.717) is 24.3 Å². The summed E-state index contributed by atoms with van der Waals surface area (Å²) < 4.78 is 12.1. The Kier molecular flexibility index (Phi) is 7.13. The molecule has 0 heterocycles. The Hall–Kier alpha value is -3.53. The van der Waals surface area contributed by atoms with Crippen LogP contribution in [0, 0.1) is 0 Å². The van der Waals surface area contributed by atoms with Gasteiger partial charge in [0.2, 0.25) is 5.78 Å². The molecule has 4 aromatic carbocycles. The molecule has 3 heteroatoms. The second-order valence-electron chi connectivity index (χ2n) is 7.70. The second-order valence-corrected chi connectivity index (χ2v) is 7.70. The molecule has 0 spiro atoms. The predicted octanol–water partition coefficient (Wildman–Crippen LogP) is 7.13. The molecule has 0 aliphatic rings. The minimum atomic E-state index is -1.49. The van der Waals surface area contributed by atoms with Gasteiger partial charge in [-0.3, -0.25) is 4.79 Å². The van der Waals surface area contributed by atoms with E-state index in [9.17, 15) is 4.79 Å². The molecule has 0 radical (unpaired) electrons. The smallest absolute Gasteiger partial charge is 0.261 e. The van der Waals surface area contributed by atoms with Crippen molar-refractivity contribution in [3.63, 3.8) is 0 Å². The lowest BCUT2D eigenvalue weighted by atomic mass is 9.93. The zero-order chi connectivity index (χ0) is 23.1. The van der Waals surface area contributed by atoms with Crippen LogP contribution in [0.15, 0.2) is 109 Å². The standard InChI is InChI=1S/C30H28O3/c1-3-32-30(33-4-2,28-21-19-26(20-22-28)24-13-9-6-10-14-24)29(31)27-17-15-25(16-18-27)23-11-7-5-8-12-23/h5-22H,3-4H2,1-2H3. The SMILES string of the molecule is CCOC(OCC)(C(=O)c1ccc(-c2ccccc2)cc1)c1ccc(-c2ccccc2)cc1. The van der Waals surface area contributed by atoms with E-state index in [2.05, 4.69) is 24.3 Å². The summed E-state index contributed by atoms with van der Waals surface area (Å²) in [6.45, 7) is 4.43. The summed E-state index contributed by atoms with van der Waals surface area (Å²) in [5.74, 6) is -1.70. The van der Waals surface area contributed by atoms with Crippen LogP contribution in [0.1, 0.15) is 29.8 Å². The van der Waals surface area contributed by atoms with Crippen LogP contribution in [0.4, 0.5) is 0 Å². The van der Waals surface area contributed by atoms with Crippen molar-refractivity contribution in [1.29, 1.82) is 0 Å². The van der Waals surface area contributed by atoms with Gasteiger partial charge in [0.15, 0.2) is 0 Å². The zero-order valence-electron chi connectivity index (χ0n) is 19.0. The van der Waals surface area contributed by atoms with Gasteiger partial charge in [-0.1, -0.05) is 109 Å². The molecule has 0 bridgehead atoms. The Morgan fingerprint density at radius 1 is 0.576 bits per heavy atom. The van der Waals surface area contributed by atoms with E-state index in [-0.39, 0.29) is 5.78 Å². The highest BCUT2D eigenvalue weighted by molar-refractivity contribution is 6.02. The van der Waals surface area contributed by atoms with E-state index in [1.165, 1.54) is 0 Å². The van der Waals surface area contributed by atoms with Gasteiger partial charge in [0.25, 0.3) is 5.79 Å². The van der Waals surface area contributed by atoms with Crippen LogP contribution in [-0.2, 0) is 15.3 Å². The van der Waals surface area contributed by atoms with Gasteiger partial charge in [0.05, 0.1) is 0 Å². The number of rotatable bonds is 9. The van der Waals surface area contributed by atoms with Crippen LogP contribution >= 0.6 is 0 Å². The third kappa shape index (κ3) is 4.80. The quantitative estimate of drug-likeness (QED) is 0.207. The van der Waals surface area contributed by atoms with Crippen molar-refractivity contribution in [3.8, 4) is 22.3 Å². The minimum absolute atomic E-state index is 0.210. The molecule has 0 atom stereocenters. The minimum Gasteiger partial charge on any atom is -0.340 e. The maximum absolute atomic E-state index is 13.8. The van der Waals surface area contributed by atoms with Gasteiger partial charge >= 0.3 is 0 Å². The van der Waals surface area contributed by atoms with E-state index in [1.54, 1.807) is 0 Å². The maximum Gasteiger partial charge on any atom is 0.261 e. The van der Waals surface area contributed by atoms with E-state index in [4.69, 9.17) is 9.47 Å². The highest BCUT2D eigenvalue weighted by Gasteiger charge is 2.43. The molecular weight excluding hydrogens is 408 g/mol. The third-order valence-corrected chi connectivity index (χ3v) is 5.62. The molecule has 0 aromatic heterocycles. The van der Waals surface area contributed by atoms with E-state index < -0.39 is 5.79 Å². The normalized spacial score (nSPS) is 11.3. The average Bonchev–Trinajstić information content (AvgIpc) is 2.89. The highest BCUT2D eigenvalue weighted by Crippen LogP contribution is 2.34. The fourth-order valence-corrected chi connectivity index (χ4v) is 4.02. The largest absolute Gasteiger partial charge is 0.340 e. The van der Waals surface area contributed by atoms with Crippen molar-refractivity contribution in [3.05, 3.63) is 120 Å². The lowest BCUT2D eigenvalue weighted by molar-refractivity contribution is -0.204. The fourth-order valence-electron chi connectivity index (χ4n) is 4.02. The van der Waals surface area contributed by atoms with Gasteiger partial charge in [-0.25, -0.2) is 0 Å². The lowest BCUT2D eigenvalue weighted by Crippen LogP contribution is -2.42. The average molecular weight is 437 g/mol. The van der Waals surface area contributed by atoms with Crippen molar-refractivity contribution in [2.45, 2.75) is 19.6 Å². The van der Waals surface area contributed by atoms with Gasteiger partial charge in [0.1, 0.15) is 0 Å². The van der Waals surface area contributed by atoms with Gasteiger partial charge in [0, 0.05) is 24.3 Å². The molecule has 0 unspecified atom stereocenters. The Morgan fingerprint density at radius 2 is 0.970 bits per heavy atom. The molecule has 4 aromatic rings. The Morgan fingerprint density at radius 3 is 1.39 bits per heavy atom. The molecule has 3 nitrogen and oxygen atoms in total. The highest BCUT2D eigenvalue weighted by atomic mass is 16.7. The van der Waals surface area contributed by atoms with Gasteiger partial charge in [-0.05, 0) is 36.1 Å². The number of hydrogen-bond donors (Lipinski definition) is 0. The molecule has 0 saturated carbocycles. The number of benzene rings is 4. The van der Waals surface area contributed by atoms with Crippen LogP contribution < -0.4 is 0 Å². The van der Waals surface area contributed by atoms with E-state index >= 15 is 0 Å². The Balaban J connectivity index is 1.69. The first-order valence-electron chi connectivity index (χ1n) is 11.3. The first-order chi connectivity index (χ1) is 16.2. The number of carbonyl (C=O) groups excluding carboxylic acids is 1. The van der Waals surface area contributed by atoms with Crippen LogP contribution in [0.2, 0.25) is 0 Å². The molecule has 0 aliphatic heterocycles. The topological polar surface area (TPSA) is 35.5 Å². The molecule has 0 amide bonds. The number of ketones is 1. The first kappa shape index (κ1) is 22.7. The summed E-state index contributed by atoms with van der Waals surface area (Å²) in [5, 5.41) is 0. The summed E-state index contributed by atoms with van der Waals surface area (Å²) in [7, 11) is 0. The number of hydrogen-bond acceptors (Lipinski definition) is 3. The summed E-state index contributed by atoms with van der Waals surface area (Å²) in [6, 6.07) is 35.7. The number of carbonyl (C=O) groups is 1. The lowest BCUT2D eigenvalue weighted by Gasteiger charge is -2.32. The van der Waals surface area contributed by atoms with Crippen molar-refractivity contribution in [1.82, 2.24) is 0 Å². The van der Waals surface area contributed by atoms with Crippen molar-refractivity contribution >= 4 is 5.78 Å². The summed E-state index contributed by atoms with van der Waals surface area (Å²) in [4.78, 5) is 13.8. The second kappa shape index (κ2) is 10.4. The van der Waals surface area contributed by atoms with Crippen LogP contribution in [0.25, 0.3) is 22.3 Å². The summed E-state index contributed by atoms with van der Waals surface area (Å²) in [5.41, 5.74) is 5.57. The molecule has 4 rings (SSSR count). The van der Waals surface area contributed by atoms with Gasteiger partial charge in [-0.15, -0.1) is 0 Å². The molecule has 0 saturated heterocycles. The number of Topliss-reactive ketones (excluding diaryl/α,β-unsaturated/α-hetero) is 1. The molecule has 33 heavy (non-hydrogen) atoms.